The number of piperidine rings is 1. The van der Waals surface area contributed by atoms with Crippen LogP contribution in [0.1, 0.15) is 41.7 Å². The van der Waals surface area contributed by atoms with Crippen LogP contribution in [0, 0.1) is 5.92 Å². The number of rotatable bonds is 6. The SMILES string of the molecule is Cl.O=C(NCCCC1CCN(C(=O)c2ccnc(Cl)c2)CC1)C1=Cc2cnc3cccc(n23)S1. The van der Waals surface area contributed by atoms with E-state index in [0.717, 1.165) is 55.1 Å². The molecule has 0 unspecified atom stereocenters. The zero-order chi connectivity index (χ0) is 22.8. The molecule has 5 rings (SSSR count). The lowest BCUT2D eigenvalue weighted by Gasteiger charge is -2.32. The third-order valence-corrected chi connectivity index (χ3v) is 7.45. The summed E-state index contributed by atoms with van der Waals surface area (Å²) in [5, 5.41) is 4.40. The van der Waals surface area contributed by atoms with Crippen molar-refractivity contribution in [3.05, 3.63) is 64.0 Å². The minimum atomic E-state index is -0.0409. The van der Waals surface area contributed by atoms with Crippen molar-refractivity contribution >= 4 is 59.3 Å². The lowest BCUT2D eigenvalue weighted by Crippen LogP contribution is -2.38. The minimum Gasteiger partial charge on any atom is -0.352 e. The van der Waals surface area contributed by atoms with Gasteiger partial charge in [0.25, 0.3) is 11.8 Å². The zero-order valence-electron chi connectivity index (χ0n) is 18.4. The van der Waals surface area contributed by atoms with E-state index in [9.17, 15) is 9.59 Å². The minimum absolute atomic E-state index is 0. The first-order valence-electron chi connectivity index (χ1n) is 11.1. The number of imidazole rings is 1. The lowest BCUT2D eigenvalue weighted by atomic mass is 9.92. The fourth-order valence-electron chi connectivity index (χ4n) is 4.42. The van der Waals surface area contributed by atoms with Gasteiger partial charge in [-0.05, 0) is 61.9 Å². The molecule has 0 spiro atoms. The molecule has 0 radical (unpaired) electrons. The summed E-state index contributed by atoms with van der Waals surface area (Å²) in [6.07, 6.45) is 9.19. The predicted molar refractivity (Wildman–Crippen MR) is 136 cm³/mol. The Hall–Kier alpha value is -2.55. The van der Waals surface area contributed by atoms with Gasteiger partial charge < -0.3 is 10.2 Å². The van der Waals surface area contributed by atoms with E-state index >= 15 is 0 Å². The van der Waals surface area contributed by atoms with Crippen molar-refractivity contribution in [1.29, 1.82) is 0 Å². The molecule has 0 aromatic carbocycles. The predicted octanol–water partition coefficient (Wildman–Crippen LogP) is 4.70. The number of hydrogen-bond acceptors (Lipinski definition) is 5. The highest BCUT2D eigenvalue weighted by molar-refractivity contribution is 8.04. The van der Waals surface area contributed by atoms with Crippen molar-refractivity contribution in [2.24, 2.45) is 5.92 Å². The third kappa shape index (κ3) is 5.24. The summed E-state index contributed by atoms with van der Waals surface area (Å²) in [6, 6.07) is 9.25. The van der Waals surface area contributed by atoms with Gasteiger partial charge in [0.1, 0.15) is 10.8 Å². The summed E-state index contributed by atoms with van der Waals surface area (Å²) in [7, 11) is 0. The van der Waals surface area contributed by atoms with Gasteiger partial charge in [0.05, 0.1) is 21.8 Å². The number of nitrogens with zero attached hydrogens (tertiary/aromatic N) is 4. The molecule has 3 aromatic heterocycles. The number of carbonyl (C=O) groups is 2. The monoisotopic (exact) mass is 517 g/mol. The van der Waals surface area contributed by atoms with E-state index in [-0.39, 0.29) is 24.2 Å². The van der Waals surface area contributed by atoms with Crippen LogP contribution in [0.25, 0.3) is 11.7 Å². The molecule has 2 amide bonds. The molecule has 0 atom stereocenters. The summed E-state index contributed by atoms with van der Waals surface area (Å²) in [5.74, 6) is 0.545. The number of thioether (sulfide) groups is 1. The Kier molecular flexibility index (Phi) is 7.80. The van der Waals surface area contributed by atoms with E-state index in [1.807, 2.05) is 29.2 Å². The van der Waals surface area contributed by atoms with Crippen molar-refractivity contribution in [2.45, 2.75) is 30.7 Å². The molecule has 34 heavy (non-hydrogen) atoms. The van der Waals surface area contributed by atoms with Crippen LogP contribution < -0.4 is 5.32 Å². The lowest BCUT2D eigenvalue weighted by molar-refractivity contribution is -0.116. The highest BCUT2D eigenvalue weighted by Gasteiger charge is 2.24. The molecule has 1 saturated heterocycles. The number of likely N-dealkylation sites (tertiary alicyclic amines) is 1. The van der Waals surface area contributed by atoms with Crippen molar-refractivity contribution in [1.82, 2.24) is 24.6 Å². The number of hydrogen-bond donors (Lipinski definition) is 1. The van der Waals surface area contributed by atoms with E-state index in [4.69, 9.17) is 11.6 Å². The average Bonchev–Trinajstić information content (AvgIpc) is 3.26. The fraction of sp³-hybridized carbons (Fsp3) is 0.333. The van der Waals surface area contributed by atoms with E-state index in [2.05, 4.69) is 19.7 Å². The Bertz CT molecular complexity index is 1240. The van der Waals surface area contributed by atoms with Crippen molar-refractivity contribution in [3.8, 4) is 0 Å². The van der Waals surface area contributed by atoms with Gasteiger partial charge in [0.15, 0.2) is 0 Å². The number of nitrogens with one attached hydrogen (secondary N) is 1. The first-order valence-corrected chi connectivity index (χ1v) is 12.3. The van der Waals surface area contributed by atoms with E-state index in [1.54, 1.807) is 24.5 Å². The van der Waals surface area contributed by atoms with Crippen LogP contribution in [0.15, 0.2) is 52.7 Å². The number of amides is 2. The maximum absolute atomic E-state index is 12.7. The maximum Gasteiger partial charge on any atom is 0.258 e. The van der Waals surface area contributed by atoms with Crippen molar-refractivity contribution in [2.75, 3.05) is 19.6 Å². The topological polar surface area (TPSA) is 79.6 Å². The largest absolute Gasteiger partial charge is 0.352 e. The van der Waals surface area contributed by atoms with Crippen LogP contribution >= 0.6 is 35.8 Å². The molecule has 1 N–H and O–H groups in total. The summed E-state index contributed by atoms with van der Waals surface area (Å²) >= 11 is 7.38. The van der Waals surface area contributed by atoms with Gasteiger partial charge in [0.2, 0.25) is 0 Å². The highest BCUT2D eigenvalue weighted by Crippen LogP contribution is 2.34. The molecule has 178 valence electrons. The number of carbonyl (C=O) groups excluding carboxylic acids is 2. The van der Waals surface area contributed by atoms with Gasteiger partial charge >= 0.3 is 0 Å². The van der Waals surface area contributed by atoms with Gasteiger partial charge in [0, 0.05) is 31.4 Å². The van der Waals surface area contributed by atoms with Crippen molar-refractivity contribution < 1.29 is 9.59 Å². The molecule has 0 bridgehead atoms. The van der Waals surface area contributed by atoms with E-state index < -0.39 is 0 Å². The first kappa shape index (κ1) is 24.6. The Balaban J connectivity index is 0.00000274. The molecule has 7 nitrogen and oxygen atoms in total. The molecular weight excluding hydrogens is 493 g/mol. The standard InChI is InChI=1S/C24H24ClN5O2S.ClH/c25-20-13-17(6-10-26-20)24(32)29-11-7-16(8-12-29)3-2-9-27-23(31)19-14-18-15-28-21-4-1-5-22(33-19)30(18)21;/h1,4-6,10,13-16H,2-3,7-9,11-12H2,(H,27,31);1H. The van der Waals surface area contributed by atoms with E-state index in [0.29, 0.717) is 28.1 Å². The van der Waals surface area contributed by atoms with Gasteiger partial charge in [-0.1, -0.05) is 29.4 Å². The normalized spacial score (nSPS) is 15.6. The smallest absolute Gasteiger partial charge is 0.258 e. The second-order valence-electron chi connectivity index (χ2n) is 8.35. The Morgan fingerprint density at radius 3 is 2.79 bits per heavy atom. The second-order valence-corrected chi connectivity index (χ2v) is 9.80. The molecule has 1 fully saturated rings. The molecule has 10 heteroatoms. The molecule has 5 heterocycles. The van der Waals surface area contributed by atoms with Gasteiger partial charge in [-0.2, -0.15) is 0 Å². The summed E-state index contributed by atoms with van der Waals surface area (Å²) in [4.78, 5) is 36.2. The second kappa shape index (κ2) is 10.8. The van der Waals surface area contributed by atoms with Crippen LogP contribution in [-0.2, 0) is 4.79 Å². The van der Waals surface area contributed by atoms with Gasteiger partial charge in [-0.15, -0.1) is 12.4 Å². The van der Waals surface area contributed by atoms with Gasteiger partial charge in [-0.25, -0.2) is 9.97 Å². The Morgan fingerprint density at radius 1 is 1.18 bits per heavy atom. The molecule has 3 aromatic rings. The van der Waals surface area contributed by atoms with E-state index in [1.165, 1.54) is 11.8 Å². The molecule has 0 saturated carbocycles. The number of pyridine rings is 2. The average molecular weight is 518 g/mol. The summed E-state index contributed by atoms with van der Waals surface area (Å²) in [5.41, 5.74) is 2.41. The summed E-state index contributed by atoms with van der Waals surface area (Å²) in [6.45, 7) is 2.14. The summed E-state index contributed by atoms with van der Waals surface area (Å²) < 4.78 is 2.06. The molecule has 2 aliphatic rings. The maximum atomic E-state index is 12.7. The molecular formula is C24H25Cl2N5O2S. The highest BCUT2D eigenvalue weighted by atomic mass is 35.5. The number of aromatic nitrogens is 3. The van der Waals surface area contributed by atoms with Gasteiger partial charge in [-0.3, -0.25) is 14.0 Å². The van der Waals surface area contributed by atoms with Crippen molar-refractivity contribution in [3.63, 3.8) is 0 Å². The number of halogens is 2. The molecule has 2 aliphatic heterocycles. The van der Waals surface area contributed by atoms with Crippen LogP contribution in [0.2, 0.25) is 5.15 Å². The quantitative estimate of drug-likeness (QED) is 0.378. The Labute approximate surface area is 213 Å². The van der Waals surface area contributed by atoms with Crippen LogP contribution in [0.4, 0.5) is 0 Å². The fourth-order valence-corrected chi connectivity index (χ4v) is 5.60. The van der Waals surface area contributed by atoms with Crippen LogP contribution in [0.5, 0.6) is 0 Å². The third-order valence-electron chi connectivity index (χ3n) is 6.19. The molecule has 0 aliphatic carbocycles. The first-order chi connectivity index (χ1) is 16.1. The zero-order valence-corrected chi connectivity index (χ0v) is 20.8. The Morgan fingerprint density at radius 2 is 2.00 bits per heavy atom. The van der Waals surface area contributed by atoms with Crippen LogP contribution in [-0.4, -0.2) is 50.7 Å². The van der Waals surface area contributed by atoms with Crippen LogP contribution in [0.3, 0.4) is 0 Å².